The Morgan fingerprint density at radius 3 is 2.58 bits per heavy atom. The van der Waals surface area contributed by atoms with Crippen molar-refractivity contribution < 1.29 is 14.3 Å². The standard InChI is InChI=1S/C29H36N6O3/c1-19(2)15-22(36)13-9-6-10-14-30-28-29-34-33-20(3)35(29)25-17-24(26(38-4)18-23(25)32-28)31-27(37)16-21-11-7-5-8-12-21/h5,7-8,11-12,17-19H,6,9-10,13-16H2,1-4H3,(H,30,32)(H,31,37). The lowest BCUT2D eigenvalue weighted by Gasteiger charge is -2.14. The molecule has 0 atom stereocenters. The summed E-state index contributed by atoms with van der Waals surface area (Å²) in [6, 6.07) is 13.3. The minimum absolute atomic E-state index is 0.136. The summed E-state index contributed by atoms with van der Waals surface area (Å²) in [6.07, 6.45) is 4.34. The van der Waals surface area contributed by atoms with E-state index < -0.39 is 0 Å². The minimum Gasteiger partial charge on any atom is -0.494 e. The van der Waals surface area contributed by atoms with Crippen LogP contribution in [-0.4, -0.2) is 44.9 Å². The average Bonchev–Trinajstić information content (AvgIpc) is 3.28. The van der Waals surface area contributed by atoms with Crippen LogP contribution in [0.1, 0.15) is 57.3 Å². The molecule has 1 amide bonds. The third kappa shape index (κ3) is 6.65. The highest BCUT2D eigenvalue weighted by molar-refractivity contribution is 5.97. The van der Waals surface area contributed by atoms with Gasteiger partial charge in [0.1, 0.15) is 17.4 Å². The summed E-state index contributed by atoms with van der Waals surface area (Å²) in [4.78, 5) is 29.5. The van der Waals surface area contributed by atoms with Gasteiger partial charge in [-0.1, -0.05) is 50.6 Å². The zero-order valence-electron chi connectivity index (χ0n) is 22.6. The Morgan fingerprint density at radius 2 is 1.84 bits per heavy atom. The predicted molar refractivity (Wildman–Crippen MR) is 150 cm³/mol. The second kappa shape index (κ2) is 12.5. The number of aromatic nitrogens is 4. The molecule has 2 heterocycles. The van der Waals surface area contributed by atoms with E-state index in [4.69, 9.17) is 9.72 Å². The van der Waals surface area contributed by atoms with Crippen molar-refractivity contribution in [1.82, 2.24) is 19.6 Å². The second-order valence-electron chi connectivity index (χ2n) is 9.99. The molecule has 0 aliphatic heterocycles. The fourth-order valence-electron chi connectivity index (χ4n) is 4.55. The van der Waals surface area contributed by atoms with Crippen LogP contribution in [0.3, 0.4) is 0 Å². The molecule has 0 spiro atoms. The lowest BCUT2D eigenvalue weighted by molar-refractivity contribution is -0.120. The van der Waals surface area contributed by atoms with Gasteiger partial charge in [0.05, 0.1) is 30.3 Å². The van der Waals surface area contributed by atoms with Crippen LogP contribution in [-0.2, 0) is 16.0 Å². The van der Waals surface area contributed by atoms with Gasteiger partial charge in [-0.25, -0.2) is 4.98 Å². The zero-order chi connectivity index (χ0) is 27.1. The van der Waals surface area contributed by atoms with Crippen LogP contribution in [0.5, 0.6) is 5.75 Å². The number of rotatable bonds is 13. The molecule has 0 saturated carbocycles. The fraction of sp³-hybridized carbons (Fsp3) is 0.414. The Kier molecular flexibility index (Phi) is 8.89. The van der Waals surface area contributed by atoms with E-state index in [9.17, 15) is 9.59 Å². The highest BCUT2D eigenvalue weighted by Crippen LogP contribution is 2.32. The molecule has 2 aromatic heterocycles. The SMILES string of the molecule is COc1cc2nc(NCCCCCC(=O)CC(C)C)c3nnc(C)n3c2cc1NC(=O)Cc1ccccc1. The molecule has 0 saturated heterocycles. The topological polar surface area (TPSA) is 111 Å². The molecule has 4 rings (SSSR count). The van der Waals surface area contributed by atoms with Crippen LogP contribution >= 0.6 is 0 Å². The number of carbonyl (C=O) groups is 2. The van der Waals surface area contributed by atoms with Crippen LogP contribution in [0, 0.1) is 12.8 Å². The quantitative estimate of drug-likeness (QED) is 0.230. The molecule has 0 bridgehead atoms. The number of nitrogens with zero attached hydrogens (tertiary/aromatic N) is 4. The van der Waals surface area contributed by atoms with Crippen LogP contribution < -0.4 is 15.4 Å². The number of Topliss-reactive ketones (excluding diaryl/α,β-unsaturated/α-hetero) is 1. The number of hydrogen-bond acceptors (Lipinski definition) is 7. The summed E-state index contributed by atoms with van der Waals surface area (Å²) < 4.78 is 7.53. The first-order valence-electron chi connectivity index (χ1n) is 13.2. The number of aryl methyl sites for hydroxylation is 1. The molecule has 2 aromatic carbocycles. The van der Waals surface area contributed by atoms with Gasteiger partial charge >= 0.3 is 0 Å². The maximum Gasteiger partial charge on any atom is 0.228 e. The number of methoxy groups -OCH3 is 1. The molecule has 0 unspecified atom stereocenters. The number of unbranched alkanes of at least 4 members (excludes halogenated alkanes) is 2. The van der Waals surface area contributed by atoms with Crippen LogP contribution in [0.15, 0.2) is 42.5 Å². The highest BCUT2D eigenvalue weighted by atomic mass is 16.5. The van der Waals surface area contributed by atoms with E-state index in [1.807, 2.05) is 53.8 Å². The fourth-order valence-corrected chi connectivity index (χ4v) is 4.55. The first kappa shape index (κ1) is 27.0. The maximum atomic E-state index is 12.8. The summed E-state index contributed by atoms with van der Waals surface area (Å²) in [7, 11) is 1.57. The number of anilines is 2. The molecule has 0 fully saturated rings. The Morgan fingerprint density at radius 1 is 1.05 bits per heavy atom. The van der Waals surface area contributed by atoms with Crippen LogP contribution in [0.2, 0.25) is 0 Å². The van der Waals surface area contributed by atoms with Crippen molar-refractivity contribution in [2.45, 2.75) is 59.3 Å². The van der Waals surface area contributed by atoms with Crippen LogP contribution in [0.4, 0.5) is 11.5 Å². The average molecular weight is 517 g/mol. The summed E-state index contributed by atoms with van der Waals surface area (Å²) in [5.41, 5.74) is 3.58. The third-order valence-corrected chi connectivity index (χ3v) is 6.35. The number of ketones is 1. The lowest BCUT2D eigenvalue weighted by Crippen LogP contribution is -2.15. The summed E-state index contributed by atoms with van der Waals surface area (Å²) in [5, 5.41) is 15.0. The molecule has 9 nitrogen and oxygen atoms in total. The molecule has 0 aliphatic rings. The second-order valence-corrected chi connectivity index (χ2v) is 9.99. The first-order chi connectivity index (χ1) is 18.4. The Balaban J connectivity index is 1.49. The number of ether oxygens (including phenoxy) is 1. The van der Waals surface area contributed by atoms with E-state index in [0.29, 0.717) is 65.3 Å². The number of amides is 1. The number of carbonyl (C=O) groups excluding carboxylic acids is 2. The monoisotopic (exact) mass is 516 g/mol. The van der Waals surface area contributed by atoms with Crippen molar-refractivity contribution in [2.24, 2.45) is 5.92 Å². The van der Waals surface area contributed by atoms with Crippen molar-refractivity contribution in [2.75, 3.05) is 24.3 Å². The van der Waals surface area contributed by atoms with Crippen molar-refractivity contribution in [3.63, 3.8) is 0 Å². The van der Waals surface area contributed by atoms with Gasteiger partial charge in [0, 0.05) is 25.5 Å². The van der Waals surface area contributed by atoms with Gasteiger partial charge in [0.15, 0.2) is 5.82 Å². The van der Waals surface area contributed by atoms with Crippen molar-refractivity contribution >= 4 is 39.9 Å². The third-order valence-electron chi connectivity index (χ3n) is 6.35. The Hall–Kier alpha value is -4.01. The summed E-state index contributed by atoms with van der Waals surface area (Å²) in [6.45, 7) is 6.74. The molecule has 2 N–H and O–H groups in total. The molecular weight excluding hydrogens is 480 g/mol. The van der Waals surface area contributed by atoms with E-state index in [-0.39, 0.29) is 12.3 Å². The van der Waals surface area contributed by atoms with Gasteiger partial charge in [-0.2, -0.15) is 0 Å². The number of benzene rings is 2. The zero-order valence-corrected chi connectivity index (χ0v) is 22.6. The smallest absolute Gasteiger partial charge is 0.228 e. The van der Waals surface area contributed by atoms with E-state index >= 15 is 0 Å². The van der Waals surface area contributed by atoms with E-state index in [2.05, 4.69) is 34.7 Å². The molecule has 9 heteroatoms. The van der Waals surface area contributed by atoms with E-state index in [0.717, 1.165) is 30.3 Å². The summed E-state index contributed by atoms with van der Waals surface area (Å²) >= 11 is 0. The predicted octanol–water partition coefficient (Wildman–Crippen LogP) is 5.36. The number of nitrogens with one attached hydrogen (secondary N) is 2. The molecule has 0 radical (unpaired) electrons. The first-order valence-corrected chi connectivity index (χ1v) is 13.2. The van der Waals surface area contributed by atoms with Gasteiger partial charge in [0.25, 0.3) is 0 Å². The highest BCUT2D eigenvalue weighted by Gasteiger charge is 2.17. The van der Waals surface area contributed by atoms with Crippen molar-refractivity contribution in [1.29, 1.82) is 0 Å². The molecular formula is C29H36N6O3. The van der Waals surface area contributed by atoms with E-state index in [1.54, 1.807) is 7.11 Å². The minimum atomic E-state index is -0.136. The van der Waals surface area contributed by atoms with Crippen molar-refractivity contribution in [3.8, 4) is 5.75 Å². The largest absolute Gasteiger partial charge is 0.494 e. The number of fused-ring (bicyclic) bond motifs is 3. The maximum absolute atomic E-state index is 12.8. The molecule has 4 aromatic rings. The normalized spacial score (nSPS) is 11.3. The van der Waals surface area contributed by atoms with Crippen LogP contribution in [0.25, 0.3) is 16.7 Å². The number of hydrogen-bond donors (Lipinski definition) is 2. The lowest BCUT2D eigenvalue weighted by atomic mass is 10.0. The Labute approximate surface area is 223 Å². The van der Waals surface area contributed by atoms with E-state index in [1.165, 1.54) is 0 Å². The van der Waals surface area contributed by atoms with Gasteiger partial charge in [0.2, 0.25) is 11.6 Å². The van der Waals surface area contributed by atoms with Gasteiger partial charge in [-0.3, -0.25) is 14.0 Å². The van der Waals surface area contributed by atoms with Gasteiger partial charge < -0.3 is 15.4 Å². The van der Waals surface area contributed by atoms with Gasteiger partial charge in [-0.05, 0) is 37.3 Å². The molecule has 38 heavy (non-hydrogen) atoms. The molecule has 200 valence electrons. The summed E-state index contributed by atoms with van der Waals surface area (Å²) in [5.74, 6) is 2.49. The molecule has 0 aliphatic carbocycles. The van der Waals surface area contributed by atoms with Crippen molar-refractivity contribution in [3.05, 3.63) is 53.9 Å². The Bertz CT molecular complexity index is 1410. The van der Waals surface area contributed by atoms with Gasteiger partial charge in [-0.15, -0.1) is 10.2 Å².